The molecule has 0 unspecified atom stereocenters. The molecule has 0 heterocycles. The van der Waals surface area contributed by atoms with E-state index >= 15 is 0 Å². The number of benzene rings is 1. The molecule has 0 aliphatic carbocycles. The second-order valence-electron chi connectivity index (χ2n) is 4.15. The van der Waals surface area contributed by atoms with Crippen LogP contribution in [0.5, 0.6) is 0 Å². The molecule has 0 atom stereocenters. The third-order valence-corrected chi connectivity index (χ3v) is 2.79. The van der Waals surface area contributed by atoms with Gasteiger partial charge in [-0.25, -0.2) is 0 Å². The Hall–Kier alpha value is -1.28. The van der Waals surface area contributed by atoms with Crippen molar-refractivity contribution in [3.05, 3.63) is 22.2 Å². The molecule has 0 aromatic heterocycles. The van der Waals surface area contributed by atoms with Crippen LogP contribution in [-0.4, -0.2) is 25.3 Å². The van der Waals surface area contributed by atoms with E-state index in [1.54, 1.807) is 19.1 Å². The van der Waals surface area contributed by atoms with Gasteiger partial charge >= 0.3 is 6.18 Å². The Morgan fingerprint density at radius 2 is 2.10 bits per heavy atom. The van der Waals surface area contributed by atoms with Crippen molar-refractivity contribution in [3.8, 4) is 0 Å². The summed E-state index contributed by atoms with van der Waals surface area (Å²) < 4.78 is 40.6. The SMILES string of the molecule is Cc1cc(Br)cc(N)c1NC(=O)CCOCC(F)(F)F. The van der Waals surface area contributed by atoms with Crippen molar-refractivity contribution in [1.82, 2.24) is 0 Å². The minimum Gasteiger partial charge on any atom is -0.397 e. The molecule has 1 amide bonds. The molecular formula is C12H14BrF3N2O2. The summed E-state index contributed by atoms with van der Waals surface area (Å²) in [5.74, 6) is -0.454. The van der Waals surface area contributed by atoms with E-state index in [2.05, 4.69) is 26.0 Å². The number of nitrogen functional groups attached to an aromatic ring is 1. The van der Waals surface area contributed by atoms with Gasteiger partial charge in [-0.1, -0.05) is 15.9 Å². The second-order valence-corrected chi connectivity index (χ2v) is 5.07. The average Bonchev–Trinajstić information content (AvgIpc) is 2.28. The van der Waals surface area contributed by atoms with Crippen molar-refractivity contribution in [2.45, 2.75) is 19.5 Å². The van der Waals surface area contributed by atoms with E-state index in [0.29, 0.717) is 11.4 Å². The summed E-state index contributed by atoms with van der Waals surface area (Å²) in [5.41, 5.74) is 7.34. The van der Waals surface area contributed by atoms with Gasteiger partial charge in [0.25, 0.3) is 0 Å². The lowest BCUT2D eigenvalue weighted by molar-refractivity contribution is -0.174. The van der Waals surface area contributed by atoms with Crippen LogP contribution in [0.1, 0.15) is 12.0 Å². The van der Waals surface area contributed by atoms with Crippen LogP contribution in [0, 0.1) is 6.92 Å². The summed E-state index contributed by atoms with van der Waals surface area (Å²) >= 11 is 3.26. The Kier molecular flexibility index (Phi) is 5.82. The van der Waals surface area contributed by atoms with Crippen molar-refractivity contribution in [3.63, 3.8) is 0 Å². The first-order valence-electron chi connectivity index (χ1n) is 5.69. The van der Waals surface area contributed by atoms with E-state index in [-0.39, 0.29) is 13.0 Å². The van der Waals surface area contributed by atoms with Crippen LogP contribution in [0.3, 0.4) is 0 Å². The molecule has 0 saturated heterocycles. The van der Waals surface area contributed by atoms with Gasteiger partial charge in [-0.3, -0.25) is 4.79 Å². The average molecular weight is 355 g/mol. The van der Waals surface area contributed by atoms with Crippen LogP contribution < -0.4 is 11.1 Å². The zero-order valence-corrected chi connectivity index (χ0v) is 12.3. The van der Waals surface area contributed by atoms with Crippen LogP contribution in [-0.2, 0) is 9.53 Å². The zero-order chi connectivity index (χ0) is 15.3. The van der Waals surface area contributed by atoms with E-state index < -0.39 is 18.7 Å². The molecule has 1 rings (SSSR count). The van der Waals surface area contributed by atoms with Gasteiger partial charge in [-0.2, -0.15) is 13.2 Å². The van der Waals surface area contributed by atoms with Gasteiger partial charge in [0, 0.05) is 4.47 Å². The largest absolute Gasteiger partial charge is 0.411 e. The smallest absolute Gasteiger partial charge is 0.397 e. The number of nitrogens with two attached hydrogens (primary N) is 1. The molecule has 0 fully saturated rings. The van der Waals surface area contributed by atoms with Crippen LogP contribution in [0.4, 0.5) is 24.5 Å². The number of carbonyl (C=O) groups is 1. The molecule has 1 aromatic carbocycles. The summed E-state index contributed by atoms with van der Waals surface area (Å²) in [7, 11) is 0. The van der Waals surface area contributed by atoms with Crippen molar-refractivity contribution in [1.29, 1.82) is 0 Å². The van der Waals surface area contributed by atoms with Crippen molar-refractivity contribution in [2.75, 3.05) is 24.3 Å². The number of anilines is 2. The Morgan fingerprint density at radius 3 is 2.65 bits per heavy atom. The number of alkyl halides is 3. The molecule has 8 heteroatoms. The molecule has 1 aromatic rings. The Morgan fingerprint density at radius 1 is 1.45 bits per heavy atom. The Bertz CT molecular complexity index is 469. The van der Waals surface area contributed by atoms with E-state index in [9.17, 15) is 18.0 Å². The number of rotatable bonds is 5. The number of hydrogen-bond acceptors (Lipinski definition) is 3. The number of amides is 1. The predicted octanol–water partition coefficient (Wildman–Crippen LogP) is 3.25. The van der Waals surface area contributed by atoms with Gasteiger partial charge in [-0.15, -0.1) is 0 Å². The van der Waals surface area contributed by atoms with Crippen molar-refractivity contribution >= 4 is 33.2 Å². The molecular weight excluding hydrogens is 341 g/mol. The fourth-order valence-electron chi connectivity index (χ4n) is 1.49. The van der Waals surface area contributed by atoms with Gasteiger partial charge in [-0.05, 0) is 24.6 Å². The number of aryl methyl sites for hydroxylation is 1. The van der Waals surface area contributed by atoms with Crippen LogP contribution >= 0.6 is 15.9 Å². The molecule has 112 valence electrons. The maximum absolute atomic E-state index is 11.8. The minimum atomic E-state index is -4.39. The molecule has 0 saturated carbocycles. The number of hydrogen-bond donors (Lipinski definition) is 2. The Balaban J connectivity index is 2.47. The number of carbonyl (C=O) groups excluding carboxylic acids is 1. The van der Waals surface area contributed by atoms with E-state index in [1.165, 1.54) is 0 Å². The fourth-order valence-corrected chi connectivity index (χ4v) is 2.08. The third kappa shape index (κ3) is 5.79. The normalized spacial score (nSPS) is 11.4. The van der Waals surface area contributed by atoms with Crippen LogP contribution in [0.15, 0.2) is 16.6 Å². The highest BCUT2D eigenvalue weighted by Crippen LogP contribution is 2.27. The molecule has 20 heavy (non-hydrogen) atoms. The lowest BCUT2D eigenvalue weighted by Gasteiger charge is -2.12. The maximum Gasteiger partial charge on any atom is 0.411 e. The van der Waals surface area contributed by atoms with Crippen LogP contribution in [0.2, 0.25) is 0 Å². The standard InChI is InChI=1S/C12H14BrF3N2O2/c1-7-4-8(13)5-9(17)11(7)18-10(19)2-3-20-6-12(14,15)16/h4-5H,2-3,6,17H2,1H3,(H,18,19). The topological polar surface area (TPSA) is 64.3 Å². The van der Waals surface area contributed by atoms with Gasteiger partial charge in [0.1, 0.15) is 6.61 Å². The highest BCUT2D eigenvalue weighted by molar-refractivity contribution is 9.10. The molecule has 0 bridgehead atoms. The molecule has 0 aliphatic rings. The summed E-state index contributed by atoms with van der Waals surface area (Å²) in [5, 5.41) is 2.56. The van der Waals surface area contributed by atoms with Gasteiger partial charge < -0.3 is 15.8 Å². The highest BCUT2D eigenvalue weighted by Gasteiger charge is 2.27. The highest BCUT2D eigenvalue weighted by atomic mass is 79.9. The first-order chi connectivity index (χ1) is 9.19. The Labute approximate surface area is 122 Å². The molecule has 0 spiro atoms. The lowest BCUT2D eigenvalue weighted by Crippen LogP contribution is -2.20. The van der Waals surface area contributed by atoms with Gasteiger partial charge in [0.2, 0.25) is 5.91 Å². The third-order valence-electron chi connectivity index (χ3n) is 2.33. The van der Waals surface area contributed by atoms with Crippen LogP contribution in [0.25, 0.3) is 0 Å². The van der Waals surface area contributed by atoms with Crippen molar-refractivity contribution in [2.24, 2.45) is 0 Å². The fraction of sp³-hybridized carbons (Fsp3) is 0.417. The second kappa shape index (κ2) is 6.94. The van der Waals surface area contributed by atoms with E-state index in [1.807, 2.05) is 0 Å². The summed E-state index contributed by atoms with van der Waals surface area (Å²) in [6, 6.07) is 3.40. The van der Waals surface area contributed by atoms with E-state index in [0.717, 1.165) is 10.0 Å². The monoisotopic (exact) mass is 354 g/mol. The summed E-state index contributed by atoms with van der Waals surface area (Å²) in [6.07, 6.45) is -4.56. The first-order valence-corrected chi connectivity index (χ1v) is 6.48. The summed E-state index contributed by atoms with van der Waals surface area (Å²) in [6.45, 7) is 0.0947. The molecule has 4 nitrogen and oxygen atoms in total. The maximum atomic E-state index is 11.8. The molecule has 3 N–H and O–H groups in total. The predicted molar refractivity (Wildman–Crippen MR) is 73.4 cm³/mol. The molecule has 0 radical (unpaired) electrons. The van der Waals surface area contributed by atoms with E-state index in [4.69, 9.17) is 5.73 Å². The lowest BCUT2D eigenvalue weighted by atomic mass is 10.1. The van der Waals surface area contributed by atoms with Gasteiger partial charge in [0.15, 0.2) is 0 Å². The summed E-state index contributed by atoms with van der Waals surface area (Å²) in [4.78, 5) is 11.6. The van der Waals surface area contributed by atoms with Crippen molar-refractivity contribution < 1.29 is 22.7 Å². The number of halogens is 4. The minimum absolute atomic E-state index is 0.176. The first kappa shape index (κ1) is 16.8. The number of nitrogens with one attached hydrogen (secondary N) is 1. The number of ether oxygens (including phenoxy) is 1. The van der Waals surface area contributed by atoms with Gasteiger partial charge in [0.05, 0.1) is 24.4 Å². The zero-order valence-electron chi connectivity index (χ0n) is 10.7. The quantitative estimate of drug-likeness (QED) is 0.630. The molecule has 0 aliphatic heterocycles.